The number of hydrogen-bond donors (Lipinski definition) is 0. The third kappa shape index (κ3) is 2.04. The molecule has 0 fully saturated rings. The molecule has 0 saturated heterocycles. The van der Waals surface area contributed by atoms with Crippen LogP contribution >= 0.6 is 0 Å². The Hall–Kier alpha value is -2.15. The van der Waals surface area contributed by atoms with Crippen LogP contribution in [0.1, 0.15) is 6.42 Å². The Morgan fingerprint density at radius 3 is 2.59 bits per heavy atom. The van der Waals surface area contributed by atoms with Gasteiger partial charge in [-0.3, -0.25) is 0 Å². The fourth-order valence-corrected chi connectivity index (χ4v) is 1.88. The Bertz CT molecular complexity index is 567. The van der Waals surface area contributed by atoms with Crippen molar-refractivity contribution in [1.29, 1.82) is 5.26 Å². The molecule has 1 aromatic carbocycles. The SMILES string of the molecule is COc1cc2ccn(CCC#N)c2cc1OC. The van der Waals surface area contributed by atoms with E-state index in [2.05, 4.69) is 6.07 Å². The molecule has 0 saturated carbocycles. The van der Waals surface area contributed by atoms with Crippen molar-refractivity contribution in [2.75, 3.05) is 14.2 Å². The second-order valence-corrected chi connectivity index (χ2v) is 3.68. The van der Waals surface area contributed by atoms with Crippen LogP contribution in [-0.2, 0) is 6.54 Å². The minimum absolute atomic E-state index is 0.498. The first kappa shape index (κ1) is 11.3. The van der Waals surface area contributed by atoms with E-state index in [-0.39, 0.29) is 0 Å². The molecule has 0 atom stereocenters. The third-order valence-electron chi connectivity index (χ3n) is 2.74. The molecule has 4 nitrogen and oxygen atoms in total. The maximum absolute atomic E-state index is 8.61. The monoisotopic (exact) mass is 230 g/mol. The minimum Gasteiger partial charge on any atom is -0.493 e. The summed E-state index contributed by atoms with van der Waals surface area (Å²) in [5.74, 6) is 1.43. The molecule has 2 aromatic rings. The van der Waals surface area contributed by atoms with Crippen molar-refractivity contribution < 1.29 is 9.47 Å². The predicted molar refractivity (Wildman–Crippen MR) is 65.3 cm³/mol. The van der Waals surface area contributed by atoms with Crippen molar-refractivity contribution in [2.24, 2.45) is 0 Å². The van der Waals surface area contributed by atoms with E-state index in [0.717, 1.165) is 16.7 Å². The lowest BCUT2D eigenvalue weighted by molar-refractivity contribution is 0.355. The summed E-state index contributed by atoms with van der Waals surface area (Å²) in [6, 6.07) is 8.03. The van der Waals surface area contributed by atoms with Crippen LogP contribution in [0.3, 0.4) is 0 Å². The van der Waals surface area contributed by atoms with Gasteiger partial charge in [0.15, 0.2) is 11.5 Å². The molecule has 1 heterocycles. The van der Waals surface area contributed by atoms with Gasteiger partial charge in [0.25, 0.3) is 0 Å². The summed E-state index contributed by atoms with van der Waals surface area (Å²) in [7, 11) is 3.24. The van der Waals surface area contributed by atoms with Crippen LogP contribution in [-0.4, -0.2) is 18.8 Å². The van der Waals surface area contributed by atoms with Crippen molar-refractivity contribution in [3.05, 3.63) is 24.4 Å². The molecule has 1 aromatic heterocycles. The Morgan fingerprint density at radius 2 is 1.94 bits per heavy atom. The zero-order valence-corrected chi connectivity index (χ0v) is 9.93. The first-order valence-electron chi connectivity index (χ1n) is 5.38. The quantitative estimate of drug-likeness (QED) is 0.811. The summed E-state index contributed by atoms with van der Waals surface area (Å²) in [6.07, 6.45) is 2.47. The number of hydrogen-bond acceptors (Lipinski definition) is 3. The van der Waals surface area contributed by atoms with Crippen molar-refractivity contribution in [1.82, 2.24) is 4.57 Å². The summed E-state index contributed by atoms with van der Waals surface area (Å²) >= 11 is 0. The van der Waals surface area contributed by atoms with E-state index in [1.54, 1.807) is 14.2 Å². The van der Waals surface area contributed by atoms with Gasteiger partial charge in [-0.2, -0.15) is 5.26 Å². The molecule has 0 bridgehead atoms. The third-order valence-corrected chi connectivity index (χ3v) is 2.74. The van der Waals surface area contributed by atoms with Crippen LogP contribution < -0.4 is 9.47 Å². The van der Waals surface area contributed by atoms with Gasteiger partial charge in [-0.25, -0.2) is 0 Å². The van der Waals surface area contributed by atoms with E-state index in [0.29, 0.717) is 18.7 Å². The largest absolute Gasteiger partial charge is 0.493 e. The fraction of sp³-hybridized carbons (Fsp3) is 0.308. The van der Waals surface area contributed by atoms with E-state index >= 15 is 0 Å². The highest BCUT2D eigenvalue weighted by Crippen LogP contribution is 2.32. The van der Waals surface area contributed by atoms with Gasteiger partial charge in [-0.1, -0.05) is 0 Å². The summed E-state index contributed by atoms with van der Waals surface area (Å²) in [4.78, 5) is 0. The second kappa shape index (κ2) is 4.79. The van der Waals surface area contributed by atoms with Crippen LogP contribution in [0.5, 0.6) is 11.5 Å². The zero-order valence-electron chi connectivity index (χ0n) is 9.93. The van der Waals surface area contributed by atoms with Crippen molar-refractivity contribution in [3.63, 3.8) is 0 Å². The summed E-state index contributed by atoms with van der Waals surface area (Å²) in [5.41, 5.74) is 1.05. The first-order chi connectivity index (χ1) is 8.30. The molecular formula is C13H14N2O2. The van der Waals surface area contributed by atoms with Gasteiger partial charge in [-0.15, -0.1) is 0 Å². The number of aryl methyl sites for hydroxylation is 1. The number of nitriles is 1. The first-order valence-corrected chi connectivity index (χ1v) is 5.38. The van der Waals surface area contributed by atoms with Crippen molar-refractivity contribution >= 4 is 10.9 Å². The van der Waals surface area contributed by atoms with Gasteiger partial charge in [0.1, 0.15) is 0 Å². The number of rotatable bonds is 4. The number of nitrogens with zero attached hydrogens (tertiary/aromatic N) is 2. The summed E-state index contributed by atoms with van der Waals surface area (Å²) in [6.45, 7) is 0.690. The zero-order chi connectivity index (χ0) is 12.3. The molecule has 17 heavy (non-hydrogen) atoms. The van der Waals surface area contributed by atoms with Gasteiger partial charge in [0.2, 0.25) is 0 Å². The van der Waals surface area contributed by atoms with Gasteiger partial charge in [-0.05, 0) is 12.1 Å². The smallest absolute Gasteiger partial charge is 0.162 e. The topological polar surface area (TPSA) is 47.2 Å². The van der Waals surface area contributed by atoms with Crippen molar-refractivity contribution in [2.45, 2.75) is 13.0 Å². The molecule has 0 aliphatic rings. The van der Waals surface area contributed by atoms with Gasteiger partial charge >= 0.3 is 0 Å². The van der Waals surface area contributed by atoms with Crippen LogP contribution in [0, 0.1) is 11.3 Å². The Morgan fingerprint density at radius 1 is 1.24 bits per heavy atom. The Balaban J connectivity index is 2.50. The fourth-order valence-electron chi connectivity index (χ4n) is 1.88. The molecule has 0 N–H and O–H groups in total. The van der Waals surface area contributed by atoms with E-state index in [4.69, 9.17) is 14.7 Å². The van der Waals surface area contributed by atoms with Crippen LogP contribution in [0.4, 0.5) is 0 Å². The summed E-state index contributed by atoms with van der Waals surface area (Å²) in [5, 5.41) is 9.70. The average Bonchev–Trinajstić information content (AvgIpc) is 2.76. The molecule has 2 rings (SSSR count). The van der Waals surface area contributed by atoms with Crippen LogP contribution in [0.25, 0.3) is 10.9 Å². The molecule has 4 heteroatoms. The van der Waals surface area contributed by atoms with E-state index in [9.17, 15) is 0 Å². The second-order valence-electron chi connectivity index (χ2n) is 3.68. The molecule has 0 amide bonds. The van der Waals surface area contributed by atoms with Gasteiger partial charge in [0, 0.05) is 24.2 Å². The van der Waals surface area contributed by atoms with E-state index < -0.39 is 0 Å². The number of ether oxygens (including phenoxy) is 2. The number of benzene rings is 1. The maximum atomic E-state index is 8.61. The Labute approximate surface area is 100.0 Å². The highest BCUT2D eigenvalue weighted by molar-refractivity contribution is 5.84. The molecule has 0 radical (unpaired) electrons. The van der Waals surface area contributed by atoms with E-state index in [1.807, 2.05) is 29.0 Å². The van der Waals surface area contributed by atoms with Gasteiger partial charge in [0.05, 0.1) is 32.2 Å². The average molecular weight is 230 g/mol. The molecule has 88 valence electrons. The van der Waals surface area contributed by atoms with Crippen LogP contribution in [0.15, 0.2) is 24.4 Å². The lowest BCUT2D eigenvalue weighted by atomic mass is 10.2. The summed E-state index contributed by atoms with van der Waals surface area (Å²) < 4.78 is 12.6. The lowest BCUT2D eigenvalue weighted by Gasteiger charge is -2.09. The number of aromatic nitrogens is 1. The van der Waals surface area contributed by atoms with Gasteiger partial charge < -0.3 is 14.0 Å². The maximum Gasteiger partial charge on any atom is 0.162 e. The minimum atomic E-state index is 0.498. The molecular weight excluding hydrogens is 216 g/mol. The molecule has 0 aliphatic heterocycles. The van der Waals surface area contributed by atoms with Crippen molar-refractivity contribution in [3.8, 4) is 17.6 Å². The molecule has 0 unspecified atom stereocenters. The highest BCUT2D eigenvalue weighted by Gasteiger charge is 2.08. The molecule has 0 aliphatic carbocycles. The number of methoxy groups -OCH3 is 2. The lowest BCUT2D eigenvalue weighted by Crippen LogP contribution is -1.96. The van der Waals surface area contributed by atoms with Crippen LogP contribution in [0.2, 0.25) is 0 Å². The predicted octanol–water partition coefficient (Wildman–Crippen LogP) is 2.57. The highest BCUT2D eigenvalue weighted by atomic mass is 16.5. The molecule has 0 spiro atoms. The Kier molecular flexibility index (Phi) is 3.20. The van der Waals surface area contributed by atoms with E-state index in [1.165, 1.54) is 0 Å². The number of fused-ring (bicyclic) bond motifs is 1. The normalized spacial score (nSPS) is 10.2. The standard InChI is InChI=1S/C13H14N2O2/c1-16-12-8-10-4-7-15(6-3-5-14)11(10)9-13(12)17-2/h4,7-9H,3,6H2,1-2H3.